The van der Waals surface area contributed by atoms with Crippen LogP contribution in [0.15, 0.2) is 11.6 Å². The van der Waals surface area contributed by atoms with Crippen LogP contribution in [-0.2, 0) is 4.79 Å². The van der Waals surface area contributed by atoms with Crippen LogP contribution in [0.5, 0.6) is 0 Å². The van der Waals surface area contributed by atoms with Crippen molar-refractivity contribution in [2.75, 3.05) is 0 Å². The molecule has 0 aliphatic heterocycles. The molecular formula is C13H14N2O2. The van der Waals surface area contributed by atoms with Crippen LogP contribution in [0.2, 0.25) is 0 Å². The largest absolute Gasteiger partial charge is 0.558 e. The Kier molecular flexibility index (Phi) is 2.29. The van der Waals surface area contributed by atoms with Crippen LogP contribution < -0.4 is 0 Å². The average Bonchev–Trinajstić information content (AvgIpc) is 2.64. The lowest BCUT2D eigenvalue weighted by atomic mass is 9.67. The van der Waals surface area contributed by atoms with Crippen molar-refractivity contribution < 1.29 is 9.90 Å². The second-order valence-electron chi connectivity index (χ2n) is 5.39. The standard InChI is InChI=1S/C13H14N2O2/c1-12(2)8-5-6-13(12,9(16)7-8)10(17)11(14-3)15-4/h8,17H,5-7H2,1-2H3. The first-order valence-electron chi connectivity index (χ1n) is 5.63. The molecule has 1 N–H and O–H groups in total. The molecule has 2 bridgehead atoms. The molecule has 0 aromatic carbocycles. The molecule has 17 heavy (non-hydrogen) atoms. The lowest BCUT2D eigenvalue weighted by Gasteiger charge is -2.34. The third-order valence-corrected chi connectivity index (χ3v) is 4.72. The number of nitrogens with zero attached hydrogens (tertiary/aromatic N) is 2. The molecule has 2 atom stereocenters. The van der Waals surface area contributed by atoms with Gasteiger partial charge in [0.1, 0.15) is 18.9 Å². The van der Waals surface area contributed by atoms with Gasteiger partial charge in [-0.05, 0) is 24.2 Å². The molecule has 0 spiro atoms. The topological polar surface area (TPSA) is 46.0 Å². The fraction of sp³-hybridized carbons (Fsp3) is 0.615. The van der Waals surface area contributed by atoms with Gasteiger partial charge in [0.15, 0.2) is 0 Å². The van der Waals surface area contributed by atoms with Crippen molar-refractivity contribution in [3.63, 3.8) is 0 Å². The summed E-state index contributed by atoms with van der Waals surface area (Å²) in [6, 6.07) is 0. The normalized spacial score (nSPS) is 32.9. The van der Waals surface area contributed by atoms with E-state index in [4.69, 9.17) is 13.1 Å². The van der Waals surface area contributed by atoms with Gasteiger partial charge >= 0.3 is 5.82 Å². The van der Waals surface area contributed by atoms with E-state index >= 15 is 0 Å². The summed E-state index contributed by atoms with van der Waals surface area (Å²) >= 11 is 0. The summed E-state index contributed by atoms with van der Waals surface area (Å²) in [5.74, 6) is -0.401. The fourth-order valence-corrected chi connectivity index (χ4v) is 3.55. The van der Waals surface area contributed by atoms with Crippen LogP contribution in [0.3, 0.4) is 0 Å². The van der Waals surface area contributed by atoms with Gasteiger partial charge in [-0.3, -0.25) is 4.79 Å². The first kappa shape index (κ1) is 11.7. The highest BCUT2D eigenvalue weighted by Gasteiger charge is 2.67. The molecule has 2 saturated carbocycles. The Hall–Kier alpha value is -1.81. The molecule has 0 heterocycles. The molecule has 4 nitrogen and oxygen atoms in total. The number of allylic oxidation sites excluding steroid dienone is 1. The molecule has 0 amide bonds. The van der Waals surface area contributed by atoms with Gasteiger partial charge in [0, 0.05) is 6.42 Å². The number of rotatable bonds is 1. The van der Waals surface area contributed by atoms with Gasteiger partial charge in [-0.1, -0.05) is 13.8 Å². The second-order valence-corrected chi connectivity index (χ2v) is 5.39. The van der Waals surface area contributed by atoms with Gasteiger partial charge in [0.05, 0.1) is 5.41 Å². The average molecular weight is 230 g/mol. The van der Waals surface area contributed by atoms with E-state index < -0.39 is 5.41 Å². The van der Waals surface area contributed by atoms with E-state index in [1.54, 1.807) is 0 Å². The number of carbonyl (C=O) groups excluding carboxylic acids is 1. The number of aliphatic hydroxyl groups excluding tert-OH is 1. The van der Waals surface area contributed by atoms with Crippen LogP contribution in [0.4, 0.5) is 0 Å². The SMILES string of the molecule is [C-]#[N+]C([N+]#[C-])=C(O)C12CCC(CC1=O)C2(C)C. The van der Waals surface area contributed by atoms with Crippen molar-refractivity contribution in [1.82, 2.24) is 0 Å². The Labute approximate surface area is 101 Å². The molecule has 0 saturated heterocycles. The van der Waals surface area contributed by atoms with E-state index in [1.807, 2.05) is 13.8 Å². The number of fused-ring (bicyclic) bond motifs is 2. The summed E-state index contributed by atoms with van der Waals surface area (Å²) in [4.78, 5) is 18.2. The van der Waals surface area contributed by atoms with Crippen molar-refractivity contribution in [3.05, 3.63) is 34.4 Å². The third-order valence-electron chi connectivity index (χ3n) is 4.72. The van der Waals surface area contributed by atoms with E-state index in [9.17, 15) is 9.90 Å². The molecule has 88 valence electrons. The monoisotopic (exact) mass is 230 g/mol. The van der Waals surface area contributed by atoms with Crippen molar-refractivity contribution in [1.29, 1.82) is 0 Å². The zero-order chi connectivity index (χ0) is 12.8. The van der Waals surface area contributed by atoms with Crippen LogP contribution >= 0.6 is 0 Å². The van der Waals surface area contributed by atoms with Crippen LogP contribution in [0.25, 0.3) is 9.69 Å². The molecule has 4 heteroatoms. The minimum absolute atomic E-state index is 0.0129. The van der Waals surface area contributed by atoms with Crippen molar-refractivity contribution in [2.24, 2.45) is 16.7 Å². The van der Waals surface area contributed by atoms with Crippen molar-refractivity contribution in [2.45, 2.75) is 33.1 Å². The molecular weight excluding hydrogens is 216 g/mol. The Morgan fingerprint density at radius 3 is 2.35 bits per heavy atom. The predicted molar refractivity (Wildman–Crippen MR) is 61.4 cm³/mol. The number of hydrogen-bond acceptors (Lipinski definition) is 2. The van der Waals surface area contributed by atoms with Crippen molar-refractivity contribution in [3.8, 4) is 0 Å². The quantitative estimate of drug-likeness (QED) is 0.556. The number of ketones is 1. The highest BCUT2D eigenvalue weighted by Crippen LogP contribution is 2.66. The van der Waals surface area contributed by atoms with Gasteiger partial charge in [-0.25, -0.2) is 0 Å². The van der Waals surface area contributed by atoms with E-state index in [-0.39, 0.29) is 28.7 Å². The molecule has 2 fully saturated rings. The molecule has 2 aliphatic rings. The van der Waals surface area contributed by atoms with Gasteiger partial charge in [-0.2, -0.15) is 9.69 Å². The van der Waals surface area contributed by atoms with Gasteiger partial charge < -0.3 is 5.11 Å². The smallest absolute Gasteiger partial charge is 0.516 e. The highest BCUT2D eigenvalue weighted by atomic mass is 16.3. The van der Waals surface area contributed by atoms with Gasteiger partial charge in [0.25, 0.3) is 0 Å². The highest BCUT2D eigenvalue weighted by molar-refractivity contribution is 5.92. The Bertz CT molecular complexity index is 488. The van der Waals surface area contributed by atoms with E-state index in [1.165, 1.54) is 0 Å². The molecule has 2 aliphatic carbocycles. The summed E-state index contributed by atoms with van der Waals surface area (Å²) in [6.07, 6.45) is 1.90. The number of Topliss-reactive ketones (excluding diaryl/α,β-unsaturated/α-hetero) is 1. The van der Waals surface area contributed by atoms with Crippen molar-refractivity contribution >= 4 is 5.78 Å². The summed E-state index contributed by atoms with van der Waals surface area (Å²) < 4.78 is 0. The molecule has 0 radical (unpaired) electrons. The Balaban J connectivity index is 2.65. The first-order chi connectivity index (χ1) is 7.91. The lowest BCUT2D eigenvalue weighted by Crippen LogP contribution is -2.38. The zero-order valence-corrected chi connectivity index (χ0v) is 9.95. The Morgan fingerprint density at radius 1 is 1.41 bits per heavy atom. The van der Waals surface area contributed by atoms with Crippen LogP contribution in [0.1, 0.15) is 33.1 Å². The maximum atomic E-state index is 12.2. The van der Waals surface area contributed by atoms with Crippen LogP contribution in [-0.4, -0.2) is 10.9 Å². The maximum Gasteiger partial charge on any atom is 0.558 e. The predicted octanol–water partition coefficient (Wildman–Crippen LogP) is 2.95. The Morgan fingerprint density at radius 2 is 2.00 bits per heavy atom. The summed E-state index contributed by atoms with van der Waals surface area (Å²) in [7, 11) is 0. The molecule has 2 rings (SSSR count). The minimum Gasteiger partial charge on any atom is -0.516 e. The zero-order valence-electron chi connectivity index (χ0n) is 9.95. The third kappa shape index (κ3) is 1.13. The lowest BCUT2D eigenvalue weighted by molar-refractivity contribution is -0.128. The van der Waals surface area contributed by atoms with Gasteiger partial charge in [0.2, 0.25) is 5.76 Å². The molecule has 0 aromatic rings. The maximum absolute atomic E-state index is 12.2. The molecule has 2 unspecified atom stereocenters. The second kappa shape index (κ2) is 3.34. The van der Waals surface area contributed by atoms with Gasteiger partial charge in [-0.15, -0.1) is 0 Å². The van der Waals surface area contributed by atoms with Crippen LogP contribution in [0, 0.1) is 29.9 Å². The summed E-state index contributed by atoms with van der Waals surface area (Å²) in [5, 5.41) is 10.2. The summed E-state index contributed by atoms with van der Waals surface area (Å²) in [6.45, 7) is 17.7. The summed E-state index contributed by atoms with van der Waals surface area (Å²) in [5.41, 5.74) is -1.34. The first-order valence-corrected chi connectivity index (χ1v) is 5.63. The number of aliphatic hydroxyl groups is 1. The van der Waals surface area contributed by atoms with E-state index in [0.29, 0.717) is 12.8 Å². The number of hydrogen-bond donors (Lipinski definition) is 1. The minimum atomic E-state index is -0.984. The van der Waals surface area contributed by atoms with E-state index in [0.717, 1.165) is 6.42 Å². The van der Waals surface area contributed by atoms with E-state index in [2.05, 4.69) is 9.69 Å². The number of carbonyl (C=O) groups is 1. The fourth-order valence-electron chi connectivity index (χ4n) is 3.55. The molecule has 0 aromatic heterocycles.